The maximum atomic E-state index is 12.7. The molecule has 2 aromatic rings. The van der Waals surface area contributed by atoms with Crippen molar-refractivity contribution in [2.45, 2.75) is 96.5 Å². The number of aliphatic hydroxyl groups excluding tert-OH is 3. The number of hydrogen-bond acceptors (Lipinski definition) is 19. The predicted molar refractivity (Wildman–Crippen MR) is 206 cm³/mol. The fourth-order valence-corrected chi connectivity index (χ4v) is 8.98. The van der Waals surface area contributed by atoms with Crippen LogP contribution in [0.15, 0.2) is 12.7 Å². The summed E-state index contributed by atoms with van der Waals surface area (Å²) in [5, 5.41) is 36.2. The van der Waals surface area contributed by atoms with Gasteiger partial charge in [-0.3, -0.25) is 32.5 Å². The van der Waals surface area contributed by atoms with Crippen molar-refractivity contribution < 1.29 is 85.6 Å². The molecule has 0 saturated carbocycles. The number of fused-ring (bicyclic) bond motifs is 1. The van der Waals surface area contributed by atoms with Crippen LogP contribution in [0.1, 0.15) is 66.0 Å². The van der Waals surface area contributed by atoms with Gasteiger partial charge in [0.2, 0.25) is 11.8 Å². The van der Waals surface area contributed by atoms with Gasteiger partial charge in [-0.15, -0.1) is 0 Å². The molecule has 2 unspecified atom stereocenters. The smallest absolute Gasteiger partial charge is 0.393 e. The zero-order valence-corrected chi connectivity index (χ0v) is 36.0. The topological polar surface area (TPSA) is 384 Å². The number of aromatic nitrogens is 4. The molecule has 1 aliphatic rings. The maximum Gasteiger partial charge on any atom is 0.481 e. The molecular formula is C30H52N7O18P3S. The third kappa shape index (κ3) is 16.7. The average molecular weight is 924 g/mol. The highest BCUT2D eigenvalue weighted by molar-refractivity contribution is 8.13. The number of carbonyl (C=O) groups excluding carboxylic acids is 3. The predicted octanol–water partition coefficient (Wildman–Crippen LogP) is 0.242. The van der Waals surface area contributed by atoms with Gasteiger partial charge in [0.05, 0.1) is 25.6 Å². The molecule has 2 aromatic heterocycles. The van der Waals surface area contributed by atoms with Crippen molar-refractivity contribution in [1.82, 2.24) is 30.2 Å². The van der Waals surface area contributed by atoms with Crippen molar-refractivity contribution in [2.24, 2.45) is 11.3 Å². The first-order valence-corrected chi connectivity index (χ1v) is 23.5. The van der Waals surface area contributed by atoms with E-state index < -0.39 is 90.7 Å². The number of phosphoric ester groups is 3. The van der Waals surface area contributed by atoms with E-state index in [0.717, 1.165) is 41.8 Å². The normalized spacial score (nSPS) is 21.8. The van der Waals surface area contributed by atoms with Crippen molar-refractivity contribution in [3.8, 4) is 0 Å². The van der Waals surface area contributed by atoms with Crippen LogP contribution in [0, 0.1) is 11.3 Å². The molecule has 0 bridgehead atoms. The molecule has 0 aromatic carbocycles. The lowest BCUT2D eigenvalue weighted by molar-refractivity contribution is -0.137. The molecule has 2 amide bonds. The summed E-state index contributed by atoms with van der Waals surface area (Å²) in [4.78, 5) is 87.8. The highest BCUT2D eigenvalue weighted by atomic mass is 32.2. The Labute approximate surface area is 342 Å². The minimum absolute atomic E-state index is 0.0125. The van der Waals surface area contributed by atoms with E-state index in [4.69, 9.17) is 19.5 Å². The van der Waals surface area contributed by atoms with E-state index in [1.54, 1.807) is 0 Å². The minimum atomic E-state index is -5.58. The molecular weight excluding hydrogens is 871 g/mol. The molecule has 59 heavy (non-hydrogen) atoms. The number of rotatable bonds is 25. The van der Waals surface area contributed by atoms with Gasteiger partial charge in [-0.25, -0.2) is 28.6 Å². The van der Waals surface area contributed by atoms with E-state index in [9.17, 15) is 63.0 Å². The summed E-state index contributed by atoms with van der Waals surface area (Å²) < 4.78 is 62.2. The number of anilines is 1. The Morgan fingerprint density at radius 3 is 2.36 bits per heavy atom. The van der Waals surface area contributed by atoms with E-state index in [1.165, 1.54) is 13.8 Å². The van der Waals surface area contributed by atoms with Gasteiger partial charge in [0, 0.05) is 37.1 Å². The molecule has 0 radical (unpaired) electrons. The molecule has 8 atom stereocenters. The van der Waals surface area contributed by atoms with Gasteiger partial charge in [0.25, 0.3) is 0 Å². The van der Waals surface area contributed by atoms with Crippen molar-refractivity contribution in [3.05, 3.63) is 12.7 Å². The number of nitrogens with one attached hydrogen (secondary N) is 2. The van der Waals surface area contributed by atoms with E-state index >= 15 is 0 Å². The van der Waals surface area contributed by atoms with E-state index in [1.807, 2.05) is 0 Å². The summed E-state index contributed by atoms with van der Waals surface area (Å²) in [5.74, 6) is -0.728. The lowest BCUT2D eigenvalue weighted by Gasteiger charge is -2.30. The molecule has 336 valence electrons. The van der Waals surface area contributed by atoms with Crippen LogP contribution in [-0.2, 0) is 50.7 Å². The van der Waals surface area contributed by atoms with Crippen LogP contribution in [0.4, 0.5) is 5.82 Å². The largest absolute Gasteiger partial charge is 0.481 e. The summed E-state index contributed by atoms with van der Waals surface area (Å²) in [6.45, 7) is 4.53. The van der Waals surface area contributed by atoms with Gasteiger partial charge in [-0.05, 0) is 12.3 Å². The fourth-order valence-electron chi connectivity index (χ4n) is 5.41. The number of hydrogen-bond donors (Lipinski definition) is 10. The molecule has 3 heterocycles. The molecule has 3 rings (SSSR count). The number of aliphatic hydroxyl groups is 3. The number of nitrogens with zero attached hydrogens (tertiary/aromatic N) is 4. The van der Waals surface area contributed by atoms with Crippen molar-refractivity contribution in [1.29, 1.82) is 0 Å². The van der Waals surface area contributed by atoms with Gasteiger partial charge in [0.15, 0.2) is 22.8 Å². The van der Waals surface area contributed by atoms with Crippen LogP contribution in [0.5, 0.6) is 0 Å². The van der Waals surface area contributed by atoms with Crippen LogP contribution >= 0.6 is 35.2 Å². The number of ether oxygens (including phenoxy) is 1. The van der Waals surface area contributed by atoms with Gasteiger partial charge in [-0.1, -0.05) is 52.3 Å². The first-order valence-electron chi connectivity index (χ1n) is 18.0. The highest BCUT2D eigenvalue weighted by Gasteiger charge is 2.50. The number of amides is 2. The zero-order valence-electron chi connectivity index (χ0n) is 32.5. The third-order valence-electron chi connectivity index (χ3n) is 8.49. The molecule has 11 N–H and O–H groups in total. The monoisotopic (exact) mass is 923 g/mol. The number of phosphoric acid groups is 3. The van der Waals surface area contributed by atoms with Crippen LogP contribution in [0.3, 0.4) is 0 Å². The zero-order chi connectivity index (χ0) is 44.3. The molecule has 1 aliphatic heterocycles. The van der Waals surface area contributed by atoms with Crippen LogP contribution in [0.25, 0.3) is 11.2 Å². The van der Waals surface area contributed by atoms with E-state index in [-0.39, 0.29) is 53.8 Å². The van der Waals surface area contributed by atoms with Crippen LogP contribution < -0.4 is 16.4 Å². The highest BCUT2D eigenvalue weighted by Crippen LogP contribution is 2.61. The Morgan fingerprint density at radius 1 is 1.02 bits per heavy atom. The lowest BCUT2D eigenvalue weighted by atomic mass is 9.87. The summed E-state index contributed by atoms with van der Waals surface area (Å²) in [7, 11) is -16.4. The maximum absolute atomic E-state index is 12.7. The summed E-state index contributed by atoms with van der Waals surface area (Å²) in [6, 6.07) is 0. The molecule has 0 spiro atoms. The average Bonchev–Trinajstić information content (AvgIpc) is 3.67. The Balaban J connectivity index is 1.44. The van der Waals surface area contributed by atoms with Crippen molar-refractivity contribution in [2.75, 3.05) is 37.8 Å². The van der Waals surface area contributed by atoms with Gasteiger partial charge >= 0.3 is 23.5 Å². The Bertz CT molecular complexity index is 1890. The number of nitrogen functional groups attached to an aromatic ring is 1. The third-order valence-corrected chi connectivity index (χ3v) is 12.5. The second-order valence-electron chi connectivity index (χ2n) is 14.5. The van der Waals surface area contributed by atoms with Crippen molar-refractivity contribution >= 4 is 69.1 Å². The summed E-state index contributed by atoms with van der Waals surface area (Å²) in [5.41, 5.74) is 4.24. The number of carbonyl (C=O) groups is 3. The SMILES string of the molecule is CC(C)CCC[C@H](O)CC(=O)SCCNC(=O)CCNC(=O)[C@H](O)C(C)(C)COP(=O)(O)OP(=O)(O)OC[C@H]1O[C@@H](n2cnc3c(N)ncnc32)[C@H](O)[C@@H]1OP(=O)(O)O. The van der Waals surface area contributed by atoms with E-state index in [0.29, 0.717) is 12.3 Å². The molecule has 0 aliphatic carbocycles. The van der Waals surface area contributed by atoms with Gasteiger partial charge in [0.1, 0.15) is 36.3 Å². The summed E-state index contributed by atoms with van der Waals surface area (Å²) in [6.07, 6.45) is -5.39. The Hall–Kier alpha value is -2.48. The first kappa shape index (κ1) is 50.9. The summed E-state index contributed by atoms with van der Waals surface area (Å²) >= 11 is 0.978. The number of imidazole rings is 1. The molecule has 29 heteroatoms. The van der Waals surface area contributed by atoms with Crippen LogP contribution in [-0.4, -0.2) is 134 Å². The fraction of sp³-hybridized carbons (Fsp3) is 0.733. The van der Waals surface area contributed by atoms with Gasteiger partial charge < -0.3 is 56.0 Å². The second kappa shape index (κ2) is 22.0. The van der Waals surface area contributed by atoms with Crippen LogP contribution in [0.2, 0.25) is 0 Å². The lowest BCUT2D eigenvalue weighted by Crippen LogP contribution is -2.46. The molecule has 1 saturated heterocycles. The number of thioether (sulfide) groups is 1. The first-order chi connectivity index (χ1) is 27.3. The second-order valence-corrected chi connectivity index (χ2v) is 19.9. The number of nitrogens with two attached hydrogens (primary N) is 1. The Kier molecular flexibility index (Phi) is 19.0. The quantitative estimate of drug-likeness (QED) is 0.0471. The Morgan fingerprint density at radius 2 is 1.69 bits per heavy atom. The molecule has 25 nitrogen and oxygen atoms in total. The van der Waals surface area contributed by atoms with Gasteiger partial charge in [-0.2, -0.15) is 4.31 Å². The minimum Gasteiger partial charge on any atom is -0.393 e. The van der Waals surface area contributed by atoms with E-state index in [2.05, 4.69) is 48.3 Å². The standard InChI is InChI=1S/C30H52N7O18P3S/c1-17(2)6-5-7-18(38)12-21(40)59-11-10-32-20(39)8-9-33-28(43)25(42)30(3,4)14-52-58(49,50)55-57(47,48)51-13-19-24(54-56(44,45)46)23(41)29(53-19)37-16-36-22-26(31)34-15-35-27(22)37/h15-19,23-25,29,38,41-42H,5-14H2,1-4H3,(H,32,39)(H,33,43)(H,47,48)(H,49,50)(H2,31,34,35)(H2,44,45,46)/t18-,19+,23+,24+,25-,29+/m0/s1. The molecule has 1 fully saturated rings. The van der Waals surface area contributed by atoms with Crippen molar-refractivity contribution in [3.63, 3.8) is 0 Å².